The van der Waals surface area contributed by atoms with E-state index in [0.717, 1.165) is 28.5 Å². The van der Waals surface area contributed by atoms with Crippen molar-refractivity contribution in [1.29, 1.82) is 0 Å². The van der Waals surface area contributed by atoms with E-state index in [1.165, 1.54) is 0 Å². The van der Waals surface area contributed by atoms with Gasteiger partial charge in [0.1, 0.15) is 12.3 Å². The Morgan fingerprint density at radius 3 is 2.27 bits per heavy atom. The molecule has 33 heavy (non-hydrogen) atoms. The highest BCUT2D eigenvalue weighted by atomic mass is 35.5. The van der Waals surface area contributed by atoms with Gasteiger partial charge in [0.25, 0.3) is 5.91 Å². The first-order valence-corrected chi connectivity index (χ1v) is 10.9. The smallest absolute Gasteiger partial charge is 0.256 e. The number of aromatic nitrogens is 1. The number of carbonyl (C=O) groups excluding carboxylic acids is 1. The normalized spacial score (nSPS) is 11.5. The van der Waals surface area contributed by atoms with Gasteiger partial charge in [0.2, 0.25) is 0 Å². The molecule has 1 heterocycles. The number of pyridine rings is 1. The number of halogens is 1. The van der Waals surface area contributed by atoms with Gasteiger partial charge in [0, 0.05) is 17.5 Å². The number of amides is 1. The van der Waals surface area contributed by atoms with Gasteiger partial charge in [0.05, 0.1) is 17.1 Å². The fraction of sp³-hybridized carbons (Fsp3) is 0.185. The van der Waals surface area contributed by atoms with E-state index in [4.69, 9.17) is 15.5 Å². The van der Waals surface area contributed by atoms with Crippen molar-refractivity contribution in [2.75, 3.05) is 13.2 Å². The Morgan fingerprint density at radius 1 is 0.970 bits per heavy atom. The molecule has 4 aromatic rings. The summed E-state index contributed by atoms with van der Waals surface area (Å²) in [5.74, 6) is 0.268. The van der Waals surface area contributed by atoms with E-state index in [1.54, 1.807) is 0 Å². The first-order chi connectivity index (χ1) is 15.7. The van der Waals surface area contributed by atoms with Gasteiger partial charge < -0.3 is 15.8 Å². The molecule has 0 saturated carbocycles. The van der Waals surface area contributed by atoms with Crippen LogP contribution in [0.15, 0.2) is 84.9 Å². The van der Waals surface area contributed by atoms with Crippen molar-refractivity contribution in [3.63, 3.8) is 0 Å². The van der Waals surface area contributed by atoms with E-state index in [9.17, 15) is 4.79 Å². The summed E-state index contributed by atoms with van der Waals surface area (Å²) in [6.07, 6.45) is 0.767. The van der Waals surface area contributed by atoms with Crippen molar-refractivity contribution in [1.82, 2.24) is 10.3 Å². The summed E-state index contributed by atoms with van der Waals surface area (Å²) in [6, 6.07) is 27.3. The Morgan fingerprint density at radius 2 is 1.61 bits per heavy atom. The average Bonchev–Trinajstić information content (AvgIpc) is 2.86. The van der Waals surface area contributed by atoms with Crippen LogP contribution in [-0.2, 0) is 0 Å². The second-order valence-corrected chi connectivity index (χ2v) is 7.53. The zero-order valence-electron chi connectivity index (χ0n) is 18.5. The average molecular weight is 462 g/mol. The van der Waals surface area contributed by atoms with Crippen molar-refractivity contribution in [2.24, 2.45) is 5.73 Å². The number of carbonyl (C=O) groups is 1. The molecule has 0 spiro atoms. The molecule has 4 rings (SSSR count). The highest BCUT2D eigenvalue weighted by molar-refractivity contribution is 6.10. The predicted octanol–water partition coefficient (Wildman–Crippen LogP) is 5.54. The molecule has 0 aliphatic carbocycles. The van der Waals surface area contributed by atoms with Gasteiger partial charge in [-0.05, 0) is 18.1 Å². The van der Waals surface area contributed by atoms with Crippen LogP contribution in [0, 0.1) is 0 Å². The number of para-hydroxylation sites is 1. The number of rotatable bonds is 8. The Hall–Kier alpha value is -3.41. The number of nitrogens with one attached hydrogen (secondary N) is 1. The lowest BCUT2D eigenvalue weighted by molar-refractivity contribution is 0.0933. The maximum atomic E-state index is 13.7. The molecule has 0 aliphatic rings. The third-order valence-electron chi connectivity index (χ3n) is 5.40. The summed E-state index contributed by atoms with van der Waals surface area (Å²) in [5.41, 5.74) is 9.54. The molecule has 1 amide bonds. The fourth-order valence-corrected chi connectivity index (χ4v) is 3.85. The summed E-state index contributed by atoms with van der Waals surface area (Å²) in [6.45, 7) is 2.68. The Balaban J connectivity index is 0.00000306. The van der Waals surface area contributed by atoms with Gasteiger partial charge in [-0.15, -0.1) is 12.4 Å². The molecule has 1 atom stereocenters. The first-order valence-electron chi connectivity index (χ1n) is 10.9. The molecule has 6 heteroatoms. The molecule has 3 aromatic carbocycles. The number of nitrogens with zero attached hydrogens (tertiary/aromatic N) is 1. The minimum atomic E-state index is -0.191. The van der Waals surface area contributed by atoms with Crippen LogP contribution >= 0.6 is 12.4 Å². The Kier molecular flexibility index (Phi) is 8.41. The van der Waals surface area contributed by atoms with Crippen LogP contribution in [0.3, 0.4) is 0 Å². The number of benzene rings is 3. The van der Waals surface area contributed by atoms with Crippen LogP contribution in [0.4, 0.5) is 0 Å². The Labute approximate surface area is 200 Å². The van der Waals surface area contributed by atoms with Crippen LogP contribution < -0.4 is 15.8 Å². The molecule has 5 nitrogen and oxygen atoms in total. The summed E-state index contributed by atoms with van der Waals surface area (Å²) < 4.78 is 6.07. The number of hydrogen-bond donors (Lipinski definition) is 2. The zero-order chi connectivity index (χ0) is 22.3. The predicted molar refractivity (Wildman–Crippen MR) is 136 cm³/mol. The van der Waals surface area contributed by atoms with Gasteiger partial charge in [-0.2, -0.15) is 0 Å². The van der Waals surface area contributed by atoms with E-state index in [1.807, 2.05) is 84.9 Å². The standard InChI is InChI=1S/C27H27N3O2.ClH/c1-2-22(19-11-5-3-6-12-19)30-27(31)24-21-15-9-10-16-23(21)29-25(26(24)32-18-17-28)20-13-7-4-8-14-20;/h3-16,22H,2,17-18,28H2,1H3,(H,30,31);1H. The second-order valence-electron chi connectivity index (χ2n) is 7.53. The second kappa shape index (κ2) is 11.5. The molecule has 3 N–H and O–H groups in total. The molecular formula is C27H28ClN3O2. The minimum absolute atomic E-state index is 0. The monoisotopic (exact) mass is 461 g/mol. The van der Waals surface area contributed by atoms with Gasteiger partial charge in [0.15, 0.2) is 5.75 Å². The molecule has 1 aromatic heterocycles. The number of hydrogen-bond acceptors (Lipinski definition) is 4. The number of nitrogens with two attached hydrogens (primary N) is 1. The van der Waals surface area contributed by atoms with Gasteiger partial charge in [-0.3, -0.25) is 4.79 Å². The van der Waals surface area contributed by atoms with Crippen molar-refractivity contribution in [2.45, 2.75) is 19.4 Å². The van der Waals surface area contributed by atoms with Crippen LogP contribution in [0.1, 0.15) is 35.3 Å². The van der Waals surface area contributed by atoms with E-state index in [0.29, 0.717) is 23.6 Å². The van der Waals surface area contributed by atoms with Crippen molar-refractivity contribution in [3.8, 4) is 17.0 Å². The molecule has 0 radical (unpaired) electrons. The number of ether oxygens (including phenoxy) is 1. The summed E-state index contributed by atoms with van der Waals surface area (Å²) in [7, 11) is 0. The maximum absolute atomic E-state index is 13.7. The highest BCUT2D eigenvalue weighted by Gasteiger charge is 2.25. The molecule has 1 unspecified atom stereocenters. The summed E-state index contributed by atoms with van der Waals surface area (Å²) >= 11 is 0. The summed E-state index contributed by atoms with van der Waals surface area (Å²) in [4.78, 5) is 18.6. The van der Waals surface area contributed by atoms with Crippen LogP contribution in [0.5, 0.6) is 5.75 Å². The molecule has 170 valence electrons. The molecule has 0 aliphatic heterocycles. The topological polar surface area (TPSA) is 77.2 Å². The highest BCUT2D eigenvalue weighted by Crippen LogP contribution is 2.36. The van der Waals surface area contributed by atoms with Crippen molar-refractivity contribution in [3.05, 3.63) is 96.1 Å². The molecular weight excluding hydrogens is 434 g/mol. The minimum Gasteiger partial charge on any atom is -0.489 e. The largest absolute Gasteiger partial charge is 0.489 e. The van der Waals surface area contributed by atoms with Gasteiger partial charge >= 0.3 is 0 Å². The van der Waals surface area contributed by atoms with E-state index in [2.05, 4.69) is 12.2 Å². The van der Waals surface area contributed by atoms with E-state index >= 15 is 0 Å². The van der Waals surface area contributed by atoms with Gasteiger partial charge in [-0.1, -0.05) is 85.8 Å². The van der Waals surface area contributed by atoms with Crippen LogP contribution in [0.25, 0.3) is 22.2 Å². The zero-order valence-corrected chi connectivity index (χ0v) is 19.3. The lowest BCUT2D eigenvalue weighted by atomic mass is 10.00. The number of fused-ring (bicyclic) bond motifs is 1. The van der Waals surface area contributed by atoms with E-state index < -0.39 is 0 Å². The lowest BCUT2D eigenvalue weighted by Crippen LogP contribution is -2.29. The molecule has 0 bridgehead atoms. The third kappa shape index (κ3) is 5.33. The Bertz CT molecular complexity index is 1200. The first kappa shape index (κ1) is 24.2. The summed E-state index contributed by atoms with van der Waals surface area (Å²) in [5, 5.41) is 3.96. The molecule has 0 saturated heterocycles. The van der Waals surface area contributed by atoms with Gasteiger partial charge in [-0.25, -0.2) is 4.98 Å². The quantitative estimate of drug-likeness (QED) is 0.361. The van der Waals surface area contributed by atoms with Crippen LogP contribution in [0.2, 0.25) is 0 Å². The van der Waals surface area contributed by atoms with Crippen LogP contribution in [-0.4, -0.2) is 24.0 Å². The van der Waals surface area contributed by atoms with Crippen molar-refractivity contribution < 1.29 is 9.53 Å². The van der Waals surface area contributed by atoms with Crippen molar-refractivity contribution >= 4 is 29.2 Å². The lowest BCUT2D eigenvalue weighted by Gasteiger charge is -2.21. The third-order valence-corrected chi connectivity index (χ3v) is 5.40. The fourth-order valence-electron chi connectivity index (χ4n) is 3.85. The maximum Gasteiger partial charge on any atom is 0.256 e. The SMILES string of the molecule is CCC(NC(=O)c1c(OCCN)c(-c2ccccc2)nc2ccccc12)c1ccccc1.Cl. The molecule has 0 fully saturated rings. The van der Waals surface area contributed by atoms with E-state index in [-0.39, 0.29) is 31.0 Å².